The summed E-state index contributed by atoms with van der Waals surface area (Å²) in [4.78, 5) is 26.1. The highest BCUT2D eigenvalue weighted by molar-refractivity contribution is 6.54. The van der Waals surface area contributed by atoms with Crippen molar-refractivity contribution < 1.29 is 13.9 Å². The molecule has 187 valence electrons. The minimum atomic E-state index is -0.523. The number of benzene rings is 1. The van der Waals surface area contributed by atoms with Gasteiger partial charge in [-0.25, -0.2) is 14.4 Å². The Morgan fingerprint density at radius 2 is 2.08 bits per heavy atom. The maximum absolute atomic E-state index is 14.6. The first kappa shape index (κ1) is 25.7. The number of nitrogens with one attached hydrogen (secondary N) is 1. The molecule has 1 aliphatic rings. The SMILES string of the molecule is C[B]c1cccc(F)c1-c1ncc(N)c(C(=O)Nc2cnccc2C2CC(N)C(OC)C(CC)C2)n1. The highest BCUT2D eigenvalue weighted by Crippen LogP contribution is 2.40. The molecule has 2 aromatic heterocycles. The highest BCUT2D eigenvalue weighted by atomic mass is 19.1. The third-order valence-electron chi connectivity index (χ3n) is 6.98. The van der Waals surface area contributed by atoms with Crippen molar-refractivity contribution in [1.82, 2.24) is 15.0 Å². The predicted molar refractivity (Wildman–Crippen MR) is 140 cm³/mol. The second-order valence-electron chi connectivity index (χ2n) is 9.11. The van der Waals surface area contributed by atoms with E-state index in [1.165, 1.54) is 12.3 Å². The second-order valence-corrected chi connectivity index (χ2v) is 9.11. The fraction of sp³-hybridized carbons (Fsp3) is 0.385. The number of hydrogen-bond acceptors (Lipinski definition) is 7. The number of aromatic nitrogens is 3. The van der Waals surface area contributed by atoms with Gasteiger partial charge in [0.2, 0.25) is 0 Å². The summed E-state index contributed by atoms with van der Waals surface area (Å²) in [5.74, 6) is -0.475. The monoisotopic (exact) mass is 489 g/mol. The van der Waals surface area contributed by atoms with Crippen LogP contribution in [0.5, 0.6) is 0 Å². The van der Waals surface area contributed by atoms with Gasteiger partial charge in [-0.1, -0.05) is 37.8 Å². The molecule has 1 saturated carbocycles. The summed E-state index contributed by atoms with van der Waals surface area (Å²) < 4.78 is 20.3. The lowest BCUT2D eigenvalue weighted by Gasteiger charge is -2.39. The van der Waals surface area contributed by atoms with Crippen LogP contribution in [0.15, 0.2) is 42.9 Å². The van der Waals surface area contributed by atoms with Gasteiger partial charge in [0.1, 0.15) is 13.1 Å². The number of amides is 1. The zero-order chi connectivity index (χ0) is 25.8. The van der Waals surface area contributed by atoms with Crippen molar-refractivity contribution in [3.8, 4) is 11.4 Å². The second kappa shape index (κ2) is 11.1. The summed E-state index contributed by atoms with van der Waals surface area (Å²) in [6, 6.07) is 6.49. The summed E-state index contributed by atoms with van der Waals surface area (Å²) in [5.41, 5.74) is 14.9. The van der Waals surface area contributed by atoms with Gasteiger partial charge < -0.3 is 21.5 Å². The Morgan fingerprint density at radius 1 is 1.28 bits per heavy atom. The Kier molecular flexibility index (Phi) is 7.96. The normalized spacial score (nSPS) is 21.7. The molecule has 5 N–H and O–H groups in total. The van der Waals surface area contributed by atoms with Crippen LogP contribution in [-0.4, -0.2) is 47.4 Å². The van der Waals surface area contributed by atoms with Crippen LogP contribution in [0.2, 0.25) is 6.82 Å². The number of anilines is 2. The van der Waals surface area contributed by atoms with E-state index >= 15 is 0 Å². The average Bonchev–Trinajstić information content (AvgIpc) is 2.88. The number of nitrogen functional groups attached to an aromatic ring is 1. The van der Waals surface area contributed by atoms with Gasteiger partial charge in [0.15, 0.2) is 11.5 Å². The van der Waals surface area contributed by atoms with Gasteiger partial charge in [0, 0.05) is 24.9 Å². The van der Waals surface area contributed by atoms with Crippen molar-refractivity contribution in [2.45, 2.75) is 51.1 Å². The Balaban J connectivity index is 1.64. The quantitative estimate of drug-likeness (QED) is 0.435. The number of methoxy groups -OCH3 is 1. The maximum Gasteiger partial charge on any atom is 0.276 e. The molecule has 10 heteroatoms. The molecule has 36 heavy (non-hydrogen) atoms. The number of ether oxygens (including phenoxy) is 1. The lowest BCUT2D eigenvalue weighted by molar-refractivity contribution is 0.00154. The van der Waals surface area contributed by atoms with E-state index in [0.29, 0.717) is 17.1 Å². The number of pyridine rings is 1. The third-order valence-corrected chi connectivity index (χ3v) is 6.98. The summed E-state index contributed by atoms with van der Waals surface area (Å²) in [6.07, 6.45) is 7.21. The van der Waals surface area contributed by atoms with Crippen molar-refractivity contribution in [3.63, 3.8) is 0 Å². The first-order valence-electron chi connectivity index (χ1n) is 12.1. The standard InChI is InChI=1S/C26H31BFN6O2/c1-4-14-10-15(11-19(29)24(14)36-3)16-8-9-31-13-21(16)33-26(35)23-20(30)12-32-25(34-23)22-17(27-2)6-5-7-18(22)28/h5-9,12-15,19,24H,4,10-11,29-30H2,1-3H3,(H,33,35). The molecule has 4 rings (SSSR count). The zero-order valence-electron chi connectivity index (χ0n) is 20.7. The molecule has 4 unspecified atom stereocenters. The van der Waals surface area contributed by atoms with Crippen LogP contribution < -0.4 is 22.2 Å². The minimum Gasteiger partial charge on any atom is -0.396 e. The molecule has 4 atom stereocenters. The minimum absolute atomic E-state index is 0.00834. The maximum atomic E-state index is 14.6. The van der Waals surface area contributed by atoms with Gasteiger partial charge in [0.05, 0.1) is 29.9 Å². The summed E-state index contributed by atoms with van der Waals surface area (Å²) in [7, 11) is 3.46. The molecule has 0 saturated heterocycles. The molecule has 1 aromatic carbocycles. The van der Waals surface area contributed by atoms with Crippen molar-refractivity contribution in [2.24, 2.45) is 11.7 Å². The number of carbonyl (C=O) groups is 1. The van der Waals surface area contributed by atoms with Gasteiger partial charge in [-0.15, -0.1) is 0 Å². The van der Waals surface area contributed by atoms with Crippen LogP contribution >= 0.6 is 0 Å². The van der Waals surface area contributed by atoms with E-state index in [2.05, 4.69) is 27.2 Å². The summed E-state index contributed by atoms with van der Waals surface area (Å²) >= 11 is 0. The van der Waals surface area contributed by atoms with Crippen LogP contribution in [0.4, 0.5) is 15.8 Å². The van der Waals surface area contributed by atoms with Gasteiger partial charge in [0.25, 0.3) is 5.91 Å². The van der Waals surface area contributed by atoms with Crippen LogP contribution in [-0.2, 0) is 4.74 Å². The highest BCUT2D eigenvalue weighted by Gasteiger charge is 2.36. The lowest BCUT2D eigenvalue weighted by Crippen LogP contribution is -2.46. The first-order valence-corrected chi connectivity index (χ1v) is 12.1. The lowest BCUT2D eigenvalue weighted by atomic mass is 9.70. The van der Waals surface area contributed by atoms with Crippen LogP contribution in [0.3, 0.4) is 0 Å². The first-order chi connectivity index (χ1) is 17.4. The number of hydrogen-bond donors (Lipinski definition) is 3. The fourth-order valence-electron chi connectivity index (χ4n) is 5.19. The van der Waals surface area contributed by atoms with E-state index < -0.39 is 11.7 Å². The van der Waals surface area contributed by atoms with E-state index in [-0.39, 0.29) is 40.8 Å². The van der Waals surface area contributed by atoms with Gasteiger partial charge >= 0.3 is 0 Å². The molecule has 1 aliphatic carbocycles. The van der Waals surface area contributed by atoms with Crippen LogP contribution in [0.1, 0.15) is 48.2 Å². The number of nitrogens with two attached hydrogens (primary N) is 2. The Morgan fingerprint density at radius 3 is 2.81 bits per heavy atom. The molecular formula is C26H31BFN6O2. The summed E-state index contributed by atoms with van der Waals surface area (Å²) in [6.45, 7) is 3.93. The summed E-state index contributed by atoms with van der Waals surface area (Å²) in [5, 5.41) is 2.91. The van der Waals surface area contributed by atoms with Crippen molar-refractivity contribution >= 4 is 30.0 Å². The van der Waals surface area contributed by atoms with E-state index in [0.717, 1.165) is 24.8 Å². The number of halogens is 1. The number of nitrogens with zero attached hydrogens (tertiary/aromatic N) is 3. The Hall–Kier alpha value is -3.37. The molecule has 8 nitrogen and oxygen atoms in total. The van der Waals surface area contributed by atoms with Crippen LogP contribution in [0, 0.1) is 11.7 Å². The van der Waals surface area contributed by atoms with Crippen molar-refractivity contribution in [1.29, 1.82) is 0 Å². The van der Waals surface area contributed by atoms with Crippen molar-refractivity contribution in [2.75, 3.05) is 18.2 Å². The Labute approximate surface area is 211 Å². The van der Waals surface area contributed by atoms with E-state index in [4.69, 9.17) is 16.2 Å². The van der Waals surface area contributed by atoms with Crippen LogP contribution in [0.25, 0.3) is 11.4 Å². The molecular weight excluding hydrogens is 458 g/mol. The average molecular weight is 489 g/mol. The van der Waals surface area contributed by atoms with E-state index in [1.807, 2.05) is 6.07 Å². The molecule has 0 aliphatic heterocycles. The fourth-order valence-corrected chi connectivity index (χ4v) is 5.19. The molecule has 0 spiro atoms. The van der Waals surface area contributed by atoms with Gasteiger partial charge in [-0.2, -0.15) is 0 Å². The van der Waals surface area contributed by atoms with E-state index in [9.17, 15) is 9.18 Å². The van der Waals surface area contributed by atoms with E-state index in [1.54, 1.807) is 45.7 Å². The van der Waals surface area contributed by atoms with Gasteiger partial charge in [-0.3, -0.25) is 9.78 Å². The number of carbonyl (C=O) groups excluding carboxylic acids is 1. The zero-order valence-corrected chi connectivity index (χ0v) is 20.7. The molecule has 1 radical (unpaired) electrons. The molecule has 1 amide bonds. The number of rotatable bonds is 7. The molecule has 0 bridgehead atoms. The smallest absolute Gasteiger partial charge is 0.276 e. The van der Waals surface area contributed by atoms with Crippen molar-refractivity contribution in [3.05, 3.63) is 59.9 Å². The Bertz CT molecular complexity index is 1240. The molecule has 2 heterocycles. The largest absolute Gasteiger partial charge is 0.396 e. The molecule has 1 fully saturated rings. The molecule has 3 aromatic rings. The third kappa shape index (κ3) is 5.10. The predicted octanol–water partition coefficient (Wildman–Crippen LogP) is 3.14. The van der Waals surface area contributed by atoms with Gasteiger partial charge in [-0.05, 0) is 42.4 Å². The topological polar surface area (TPSA) is 129 Å².